The molecule has 1 aromatic heterocycles. The number of anilines is 1. The molecule has 4 rings (SSSR count). The maximum atomic E-state index is 13.4. The van der Waals surface area contributed by atoms with Crippen LogP contribution >= 0.6 is 22.9 Å². The lowest BCUT2D eigenvalue weighted by atomic mass is 10.1. The average Bonchev–Trinajstić information content (AvgIpc) is 3.16. The summed E-state index contributed by atoms with van der Waals surface area (Å²) < 4.78 is 52.6. The highest BCUT2D eigenvalue weighted by Crippen LogP contribution is 2.32. The van der Waals surface area contributed by atoms with Crippen LogP contribution in [0.15, 0.2) is 52.7 Å². The van der Waals surface area contributed by atoms with Gasteiger partial charge in [-0.2, -0.15) is 0 Å². The number of sulfone groups is 1. The number of hydrogen-bond acceptors (Lipinski definition) is 5. The van der Waals surface area contributed by atoms with E-state index in [4.69, 9.17) is 11.6 Å². The highest BCUT2D eigenvalue weighted by atomic mass is 35.5. The van der Waals surface area contributed by atoms with E-state index >= 15 is 0 Å². The molecule has 0 radical (unpaired) electrons. The van der Waals surface area contributed by atoms with Gasteiger partial charge in [0.1, 0.15) is 11.6 Å². The smallest absolute Gasteiger partial charge is 0.185 e. The van der Waals surface area contributed by atoms with Crippen molar-refractivity contribution < 1.29 is 17.2 Å². The average molecular weight is 469 g/mol. The molecule has 0 aliphatic carbocycles. The van der Waals surface area contributed by atoms with Crippen LogP contribution in [0.25, 0.3) is 0 Å². The van der Waals surface area contributed by atoms with Crippen molar-refractivity contribution in [2.24, 2.45) is 0 Å². The van der Waals surface area contributed by atoms with Gasteiger partial charge in [0.15, 0.2) is 15.0 Å². The Morgan fingerprint density at radius 1 is 1.10 bits per heavy atom. The normalized spacial score (nSPS) is 15.5. The number of hydrogen-bond donors (Lipinski definition) is 0. The van der Waals surface area contributed by atoms with E-state index in [0.29, 0.717) is 37.9 Å². The quantitative estimate of drug-likeness (QED) is 0.522. The molecule has 158 valence electrons. The lowest BCUT2D eigenvalue weighted by molar-refractivity contribution is 0.529. The summed E-state index contributed by atoms with van der Waals surface area (Å²) in [6.45, 7) is 1.13. The molecule has 1 saturated heterocycles. The van der Waals surface area contributed by atoms with Gasteiger partial charge in [0.2, 0.25) is 0 Å². The summed E-state index contributed by atoms with van der Waals surface area (Å²) in [6.07, 6.45) is 1.30. The molecular formula is C21H19ClF2N2O2S2. The van der Waals surface area contributed by atoms with Crippen molar-refractivity contribution in [2.75, 3.05) is 18.0 Å². The second kappa shape index (κ2) is 8.61. The Morgan fingerprint density at radius 2 is 1.77 bits per heavy atom. The zero-order chi connectivity index (χ0) is 21.3. The molecular weight excluding hydrogens is 450 g/mol. The Labute approximate surface area is 183 Å². The monoisotopic (exact) mass is 468 g/mol. The summed E-state index contributed by atoms with van der Waals surface area (Å²) in [5, 5.41) is 2.42. The van der Waals surface area contributed by atoms with Crippen LogP contribution < -0.4 is 4.90 Å². The highest BCUT2D eigenvalue weighted by molar-refractivity contribution is 7.92. The van der Waals surface area contributed by atoms with Gasteiger partial charge in [-0.15, -0.1) is 11.3 Å². The molecule has 4 nitrogen and oxygen atoms in total. The SMILES string of the molecule is O=S(=O)(c1ccccc1Cl)C1CCN(c2nc(Cc3cc(F)cc(F)c3)cs2)CC1. The standard InChI is InChI=1S/C21H19ClF2N2O2S2/c22-19-3-1-2-4-20(19)30(27,28)18-5-7-26(8-6-18)21-25-17(13-29-21)11-14-9-15(23)12-16(24)10-14/h1-4,9-10,12-13,18H,5-8,11H2. The molecule has 30 heavy (non-hydrogen) atoms. The fourth-order valence-electron chi connectivity index (χ4n) is 3.66. The number of aromatic nitrogens is 1. The van der Waals surface area contributed by atoms with E-state index in [1.807, 2.05) is 5.38 Å². The summed E-state index contributed by atoms with van der Waals surface area (Å²) >= 11 is 7.54. The minimum atomic E-state index is -3.49. The van der Waals surface area contributed by atoms with E-state index in [1.54, 1.807) is 24.3 Å². The van der Waals surface area contributed by atoms with Crippen LogP contribution in [0.2, 0.25) is 5.02 Å². The van der Waals surface area contributed by atoms with Gasteiger partial charge in [0.05, 0.1) is 20.9 Å². The van der Waals surface area contributed by atoms with E-state index < -0.39 is 26.7 Å². The van der Waals surface area contributed by atoms with Gasteiger partial charge in [-0.25, -0.2) is 22.2 Å². The maximum absolute atomic E-state index is 13.4. The van der Waals surface area contributed by atoms with Crippen molar-refractivity contribution in [3.05, 3.63) is 75.8 Å². The molecule has 0 bridgehead atoms. The lowest BCUT2D eigenvalue weighted by Gasteiger charge is -2.31. The predicted octanol–water partition coefficient (Wildman–Crippen LogP) is 5.11. The number of halogens is 3. The van der Waals surface area contributed by atoms with E-state index in [2.05, 4.69) is 9.88 Å². The summed E-state index contributed by atoms with van der Waals surface area (Å²) in [5.41, 5.74) is 1.25. The third-order valence-electron chi connectivity index (χ3n) is 5.14. The van der Waals surface area contributed by atoms with Crippen LogP contribution in [0.1, 0.15) is 24.1 Å². The van der Waals surface area contributed by atoms with Crippen molar-refractivity contribution in [3.8, 4) is 0 Å². The van der Waals surface area contributed by atoms with Crippen molar-refractivity contribution >= 4 is 37.9 Å². The first kappa shape index (κ1) is 21.2. The first-order chi connectivity index (χ1) is 14.3. The zero-order valence-corrected chi connectivity index (χ0v) is 18.3. The molecule has 9 heteroatoms. The van der Waals surface area contributed by atoms with E-state index in [1.165, 1.54) is 23.5 Å². The van der Waals surface area contributed by atoms with Gasteiger partial charge in [0, 0.05) is 31.0 Å². The van der Waals surface area contributed by atoms with Crippen molar-refractivity contribution in [2.45, 2.75) is 29.4 Å². The molecule has 0 unspecified atom stereocenters. The van der Waals surface area contributed by atoms with Gasteiger partial charge in [-0.1, -0.05) is 23.7 Å². The number of benzene rings is 2. The number of thiazole rings is 1. The third kappa shape index (κ3) is 4.50. The maximum Gasteiger partial charge on any atom is 0.185 e. The number of nitrogens with zero attached hydrogens (tertiary/aromatic N) is 2. The lowest BCUT2D eigenvalue weighted by Crippen LogP contribution is -2.39. The fraction of sp³-hybridized carbons (Fsp3) is 0.286. The first-order valence-corrected chi connectivity index (χ1v) is 12.3. The summed E-state index contributed by atoms with van der Waals surface area (Å²) in [6, 6.07) is 9.96. The number of rotatable bonds is 5. The Kier molecular flexibility index (Phi) is 6.09. The van der Waals surface area contributed by atoms with E-state index in [-0.39, 0.29) is 9.92 Å². The Bertz CT molecular complexity index is 1140. The Balaban J connectivity index is 1.42. The van der Waals surface area contributed by atoms with Crippen LogP contribution in [0, 0.1) is 11.6 Å². The molecule has 0 atom stereocenters. The van der Waals surface area contributed by atoms with Crippen LogP contribution in [-0.2, 0) is 16.3 Å². The summed E-state index contributed by atoms with van der Waals surface area (Å²) in [7, 11) is -3.49. The molecule has 0 spiro atoms. The Hall–Kier alpha value is -2.03. The second-order valence-corrected chi connectivity index (χ2v) is 10.7. The second-order valence-electron chi connectivity index (χ2n) is 7.24. The van der Waals surface area contributed by atoms with Crippen LogP contribution in [0.4, 0.5) is 13.9 Å². The van der Waals surface area contributed by atoms with Crippen molar-refractivity contribution in [1.82, 2.24) is 4.98 Å². The molecule has 0 amide bonds. The van der Waals surface area contributed by atoms with E-state index in [9.17, 15) is 17.2 Å². The van der Waals surface area contributed by atoms with Gasteiger partial charge < -0.3 is 4.90 Å². The molecule has 0 saturated carbocycles. The molecule has 1 aliphatic rings. The molecule has 1 aliphatic heterocycles. The van der Waals surface area contributed by atoms with Crippen LogP contribution in [0.5, 0.6) is 0 Å². The minimum absolute atomic E-state index is 0.184. The van der Waals surface area contributed by atoms with Gasteiger partial charge in [-0.3, -0.25) is 0 Å². The van der Waals surface area contributed by atoms with Crippen LogP contribution in [0.3, 0.4) is 0 Å². The highest BCUT2D eigenvalue weighted by Gasteiger charge is 2.33. The molecule has 2 aromatic carbocycles. The molecule has 3 aromatic rings. The van der Waals surface area contributed by atoms with Gasteiger partial charge in [-0.05, 0) is 42.7 Å². The van der Waals surface area contributed by atoms with Gasteiger partial charge in [0.25, 0.3) is 0 Å². The van der Waals surface area contributed by atoms with Crippen LogP contribution in [-0.4, -0.2) is 31.7 Å². The molecule has 0 N–H and O–H groups in total. The van der Waals surface area contributed by atoms with Crippen molar-refractivity contribution in [1.29, 1.82) is 0 Å². The third-order valence-corrected chi connectivity index (χ3v) is 8.85. The zero-order valence-electron chi connectivity index (χ0n) is 15.9. The summed E-state index contributed by atoms with van der Waals surface area (Å²) in [4.78, 5) is 6.82. The topological polar surface area (TPSA) is 50.3 Å². The fourth-order valence-corrected chi connectivity index (χ4v) is 6.79. The van der Waals surface area contributed by atoms with Gasteiger partial charge >= 0.3 is 0 Å². The largest absolute Gasteiger partial charge is 0.348 e. The molecule has 2 heterocycles. The van der Waals surface area contributed by atoms with Crippen molar-refractivity contribution in [3.63, 3.8) is 0 Å². The molecule has 1 fully saturated rings. The Morgan fingerprint density at radius 3 is 2.43 bits per heavy atom. The summed E-state index contributed by atoms with van der Waals surface area (Å²) in [5.74, 6) is -1.22. The minimum Gasteiger partial charge on any atom is -0.348 e. The predicted molar refractivity (Wildman–Crippen MR) is 115 cm³/mol. The van der Waals surface area contributed by atoms with E-state index in [0.717, 1.165) is 16.9 Å². The first-order valence-electron chi connectivity index (χ1n) is 9.45. The number of piperidine rings is 1.